The summed E-state index contributed by atoms with van der Waals surface area (Å²) in [7, 11) is 2.69. The molecule has 0 fully saturated rings. The number of rotatable bonds is 5. The van der Waals surface area contributed by atoms with Crippen LogP contribution in [0.25, 0.3) is 0 Å². The van der Waals surface area contributed by atoms with Crippen LogP contribution in [-0.4, -0.2) is 40.3 Å². The largest absolute Gasteiger partial charge is 0.466 e. The predicted octanol–water partition coefficient (Wildman–Crippen LogP) is -0.100. The van der Waals surface area contributed by atoms with Crippen molar-refractivity contribution in [1.82, 2.24) is 9.55 Å². The summed E-state index contributed by atoms with van der Waals surface area (Å²) in [5, 5.41) is 10.6. The van der Waals surface area contributed by atoms with Crippen molar-refractivity contribution in [3.63, 3.8) is 0 Å². The number of carbonyl (C=O) groups excluding carboxylic acids is 2. The quantitative estimate of drug-likeness (QED) is 0.592. The Morgan fingerprint density at radius 3 is 2.63 bits per heavy atom. The molecule has 1 heterocycles. The van der Waals surface area contributed by atoms with E-state index in [1.54, 1.807) is 14.0 Å². The first-order valence-corrected chi connectivity index (χ1v) is 5.54. The van der Waals surface area contributed by atoms with Gasteiger partial charge in [0.2, 0.25) is 0 Å². The lowest BCUT2D eigenvalue weighted by Gasteiger charge is -2.25. The summed E-state index contributed by atoms with van der Waals surface area (Å²) < 4.78 is 10.7. The van der Waals surface area contributed by atoms with Gasteiger partial charge in [-0.1, -0.05) is 6.58 Å². The minimum atomic E-state index is -2.37. The molecule has 1 aromatic heterocycles. The van der Waals surface area contributed by atoms with Gasteiger partial charge in [0.25, 0.3) is 5.60 Å². The minimum absolute atomic E-state index is 0.0417. The molecule has 1 atom stereocenters. The number of nitrogens with zero attached hydrogens (tertiary/aromatic N) is 2. The van der Waals surface area contributed by atoms with Gasteiger partial charge in [-0.3, -0.25) is 0 Å². The molecule has 0 aliphatic carbocycles. The first kappa shape index (κ1) is 14.9. The van der Waals surface area contributed by atoms with E-state index >= 15 is 0 Å². The second-order valence-electron chi connectivity index (χ2n) is 3.76. The zero-order chi connectivity index (χ0) is 14.6. The van der Waals surface area contributed by atoms with Gasteiger partial charge in [-0.2, -0.15) is 0 Å². The Balaban J connectivity index is 3.34. The van der Waals surface area contributed by atoms with Crippen molar-refractivity contribution >= 4 is 11.9 Å². The molecule has 0 aromatic carbocycles. The molecule has 0 aliphatic rings. The standard InChI is InChI=1S/C12H16N2O5/c1-5-19-11(16)12(17,8(2)9(15)18-4)10-13-6-7-14(10)3/h6-7,17H,2,5H2,1,3-4H3. The molecule has 19 heavy (non-hydrogen) atoms. The van der Waals surface area contributed by atoms with Crippen molar-refractivity contribution in [2.45, 2.75) is 12.5 Å². The van der Waals surface area contributed by atoms with Gasteiger partial charge in [-0.15, -0.1) is 0 Å². The summed E-state index contributed by atoms with van der Waals surface area (Å²) in [5.41, 5.74) is -2.83. The molecule has 7 heteroatoms. The van der Waals surface area contributed by atoms with E-state index in [0.29, 0.717) is 0 Å². The van der Waals surface area contributed by atoms with Crippen molar-refractivity contribution < 1.29 is 24.2 Å². The molecule has 0 bridgehead atoms. The number of aliphatic hydroxyl groups is 1. The van der Waals surface area contributed by atoms with Gasteiger partial charge >= 0.3 is 11.9 Å². The molecule has 7 nitrogen and oxygen atoms in total. The van der Waals surface area contributed by atoms with Gasteiger partial charge in [-0.05, 0) is 6.92 Å². The highest BCUT2D eigenvalue weighted by Crippen LogP contribution is 2.29. The Morgan fingerprint density at radius 2 is 2.21 bits per heavy atom. The van der Waals surface area contributed by atoms with Crippen LogP contribution in [0.2, 0.25) is 0 Å². The summed E-state index contributed by atoms with van der Waals surface area (Å²) in [5.74, 6) is -2.01. The first-order chi connectivity index (χ1) is 8.89. The van der Waals surface area contributed by atoms with Crippen molar-refractivity contribution in [3.8, 4) is 0 Å². The van der Waals surface area contributed by atoms with E-state index in [9.17, 15) is 14.7 Å². The molecule has 0 radical (unpaired) electrons. The van der Waals surface area contributed by atoms with Crippen LogP contribution in [-0.2, 0) is 31.7 Å². The molecule has 0 saturated carbocycles. The number of aryl methyl sites for hydroxylation is 1. The van der Waals surface area contributed by atoms with E-state index in [4.69, 9.17) is 4.74 Å². The lowest BCUT2D eigenvalue weighted by atomic mass is 9.93. The maximum Gasteiger partial charge on any atom is 0.351 e. The van der Waals surface area contributed by atoms with Crippen LogP contribution in [0.15, 0.2) is 24.5 Å². The molecule has 1 rings (SSSR count). The van der Waals surface area contributed by atoms with E-state index in [1.165, 1.54) is 17.0 Å². The maximum absolute atomic E-state index is 12.0. The number of esters is 2. The fourth-order valence-corrected chi connectivity index (χ4v) is 1.57. The molecule has 0 saturated heterocycles. The van der Waals surface area contributed by atoms with Gasteiger partial charge < -0.3 is 19.1 Å². The second kappa shape index (κ2) is 5.66. The Morgan fingerprint density at radius 1 is 1.58 bits per heavy atom. The Bertz CT molecular complexity index is 508. The van der Waals surface area contributed by atoms with Gasteiger partial charge in [0.15, 0.2) is 5.82 Å². The minimum Gasteiger partial charge on any atom is -0.466 e. The fourth-order valence-electron chi connectivity index (χ4n) is 1.57. The van der Waals surface area contributed by atoms with E-state index in [2.05, 4.69) is 16.3 Å². The molecule has 104 valence electrons. The molecule has 0 aliphatic heterocycles. The van der Waals surface area contributed by atoms with Crippen molar-refractivity contribution in [2.75, 3.05) is 13.7 Å². The lowest BCUT2D eigenvalue weighted by molar-refractivity contribution is -0.166. The molecule has 1 unspecified atom stereocenters. The van der Waals surface area contributed by atoms with Crippen LogP contribution in [0.1, 0.15) is 12.7 Å². The number of hydrogen-bond acceptors (Lipinski definition) is 6. The van der Waals surface area contributed by atoms with Crippen LogP contribution < -0.4 is 0 Å². The molecule has 1 aromatic rings. The van der Waals surface area contributed by atoms with Gasteiger partial charge in [-0.25, -0.2) is 14.6 Å². The lowest BCUT2D eigenvalue weighted by Crippen LogP contribution is -2.43. The van der Waals surface area contributed by atoms with Gasteiger partial charge in [0, 0.05) is 19.4 Å². The summed E-state index contributed by atoms with van der Waals surface area (Å²) >= 11 is 0. The van der Waals surface area contributed by atoms with Crippen LogP contribution in [0, 0.1) is 0 Å². The molecule has 0 spiro atoms. The third-order valence-electron chi connectivity index (χ3n) is 2.58. The summed E-state index contributed by atoms with van der Waals surface area (Å²) in [6.45, 7) is 5.04. The fraction of sp³-hybridized carbons (Fsp3) is 0.417. The number of hydrogen-bond donors (Lipinski definition) is 1. The molecule has 0 amide bonds. The van der Waals surface area contributed by atoms with Crippen molar-refractivity contribution in [3.05, 3.63) is 30.4 Å². The highest BCUT2D eigenvalue weighted by atomic mass is 16.6. The number of ether oxygens (including phenoxy) is 2. The highest BCUT2D eigenvalue weighted by Gasteiger charge is 2.49. The molecular weight excluding hydrogens is 252 g/mol. The second-order valence-corrected chi connectivity index (χ2v) is 3.76. The van der Waals surface area contributed by atoms with Crippen molar-refractivity contribution in [2.24, 2.45) is 7.05 Å². The van der Waals surface area contributed by atoms with Crippen LogP contribution in [0.4, 0.5) is 0 Å². The van der Waals surface area contributed by atoms with E-state index < -0.39 is 23.1 Å². The number of aromatic nitrogens is 2. The summed E-state index contributed by atoms with van der Waals surface area (Å²) in [4.78, 5) is 27.4. The van der Waals surface area contributed by atoms with E-state index in [1.807, 2.05) is 0 Å². The van der Waals surface area contributed by atoms with Crippen molar-refractivity contribution in [1.29, 1.82) is 0 Å². The van der Waals surface area contributed by atoms with E-state index in [0.717, 1.165) is 7.11 Å². The predicted molar refractivity (Wildman–Crippen MR) is 64.9 cm³/mol. The highest BCUT2D eigenvalue weighted by molar-refractivity contribution is 5.99. The number of methoxy groups -OCH3 is 1. The van der Waals surface area contributed by atoms with Gasteiger partial charge in [0.05, 0.1) is 19.3 Å². The first-order valence-electron chi connectivity index (χ1n) is 5.54. The number of carbonyl (C=O) groups is 2. The molecule has 1 N–H and O–H groups in total. The topological polar surface area (TPSA) is 90.7 Å². The maximum atomic E-state index is 12.0. The average molecular weight is 268 g/mol. The Labute approximate surface area is 110 Å². The monoisotopic (exact) mass is 268 g/mol. The summed E-state index contributed by atoms with van der Waals surface area (Å²) in [6.07, 6.45) is 2.90. The third kappa shape index (κ3) is 2.50. The SMILES string of the molecule is C=C(C(=O)OC)C(O)(C(=O)OCC)c1nccn1C. The van der Waals surface area contributed by atoms with E-state index in [-0.39, 0.29) is 12.4 Å². The Hall–Kier alpha value is -2.15. The average Bonchev–Trinajstić information content (AvgIpc) is 2.82. The van der Waals surface area contributed by atoms with Crippen LogP contribution in [0.3, 0.4) is 0 Å². The number of imidazole rings is 1. The zero-order valence-electron chi connectivity index (χ0n) is 11.0. The Kier molecular flexibility index (Phi) is 4.44. The zero-order valence-corrected chi connectivity index (χ0v) is 11.0. The smallest absolute Gasteiger partial charge is 0.351 e. The van der Waals surface area contributed by atoms with Crippen LogP contribution >= 0.6 is 0 Å². The van der Waals surface area contributed by atoms with Gasteiger partial charge in [0.1, 0.15) is 0 Å². The summed E-state index contributed by atoms with van der Waals surface area (Å²) in [6, 6.07) is 0. The normalized spacial score (nSPS) is 13.5. The molecular formula is C12H16N2O5. The third-order valence-corrected chi connectivity index (χ3v) is 2.58. The van der Waals surface area contributed by atoms with Crippen LogP contribution in [0.5, 0.6) is 0 Å².